The molecule has 2 N–H and O–H groups in total. The third kappa shape index (κ3) is 5.28. The Kier molecular flexibility index (Phi) is 6.18. The molecule has 0 spiro atoms. The molecular formula is C22H24F3NO5. The molecule has 1 aromatic carbocycles. The Morgan fingerprint density at radius 1 is 1.26 bits per heavy atom. The molecule has 1 heterocycles. The summed E-state index contributed by atoms with van der Waals surface area (Å²) in [6, 6.07) is 4.08. The van der Waals surface area contributed by atoms with E-state index in [1.807, 2.05) is 13.8 Å². The summed E-state index contributed by atoms with van der Waals surface area (Å²) in [7, 11) is 0. The number of Topliss-reactive ketones (excluding diaryl/α,β-unsaturated/α-hetero) is 1. The number of nitrogens with one attached hydrogen (secondary N) is 1. The minimum atomic E-state index is -4.44. The van der Waals surface area contributed by atoms with E-state index in [1.54, 1.807) is 6.92 Å². The van der Waals surface area contributed by atoms with Crippen LogP contribution in [0.4, 0.5) is 13.2 Å². The molecule has 2 aromatic rings. The van der Waals surface area contributed by atoms with Crippen LogP contribution in [0.1, 0.15) is 58.1 Å². The fourth-order valence-corrected chi connectivity index (χ4v) is 3.58. The van der Waals surface area contributed by atoms with Gasteiger partial charge in [0.25, 0.3) is 5.91 Å². The molecule has 1 aliphatic carbocycles. The maximum atomic E-state index is 12.6. The lowest BCUT2D eigenvalue weighted by Crippen LogP contribution is -2.35. The SMILES string of the molecule is Cc1c(C(=O)NCC(O)COc2ccc(C(F)(F)F)cc2)oc2c1C(=O)CC(C)(C)C2. The molecule has 0 saturated heterocycles. The number of halogens is 3. The number of hydrogen-bond donors (Lipinski definition) is 2. The topological polar surface area (TPSA) is 88.8 Å². The Labute approximate surface area is 177 Å². The summed E-state index contributed by atoms with van der Waals surface area (Å²) in [5.41, 5.74) is -0.112. The van der Waals surface area contributed by atoms with E-state index < -0.39 is 23.8 Å². The number of aliphatic hydroxyl groups is 1. The first-order valence-electron chi connectivity index (χ1n) is 9.79. The summed E-state index contributed by atoms with van der Waals surface area (Å²) in [4.78, 5) is 24.9. The molecule has 1 unspecified atom stereocenters. The third-order valence-electron chi connectivity index (χ3n) is 5.11. The highest BCUT2D eigenvalue weighted by Gasteiger charge is 2.37. The Balaban J connectivity index is 1.55. The van der Waals surface area contributed by atoms with Crippen LogP contribution < -0.4 is 10.1 Å². The van der Waals surface area contributed by atoms with Gasteiger partial charge >= 0.3 is 6.18 Å². The van der Waals surface area contributed by atoms with Gasteiger partial charge in [0.15, 0.2) is 11.5 Å². The zero-order valence-electron chi connectivity index (χ0n) is 17.4. The molecule has 0 saturated carbocycles. The van der Waals surface area contributed by atoms with E-state index in [1.165, 1.54) is 0 Å². The Hall–Kier alpha value is -2.81. The smallest absolute Gasteiger partial charge is 0.416 e. The van der Waals surface area contributed by atoms with Crippen molar-refractivity contribution >= 4 is 11.7 Å². The van der Waals surface area contributed by atoms with Crippen LogP contribution >= 0.6 is 0 Å². The van der Waals surface area contributed by atoms with Gasteiger partial charge in [0.2, 0.25) is 0 Å². The van der Waals surface area contributed by atoms with Gasteiger partial charge in [0.05, 0.1) is 11.1 Å². The van der Waals surface area contributed by atoms with Crippen LogP contribution in [0.2, 0.25) is 0 Å². The zero-order chi connectivity index (χ0) is 23.0. The Morgan fingerprint density at radius 3 is 2.52 bits per heavy atom. The molecule has 1 aromatic heterocycles. The number of amides is 1. The predicted molar refractivity (Wildman–Crippen MR) is 105 cm³/mol. The number of hydrogen-bond acceptors (Lipinski definition) is 5. The summed E-state index contributed by atoms with van der Waals surface area (Å²) in [6.45, 7) is 5.17. The number of aliphatic hydroxyl groups excluding tert-OH is 1. The molecule has 1 amide bonds. The molecule has 0 bridgehead atoms. The van der Waals surface area contributed by atoms with Crippen LogP contribution in [-0.2, 0) is 12.6 Å². The van der Waals surface area contributed by atoms with Gasteiger partial charge < -0.3 is 19.6 Å². The first-order chi connectivity index (χ1) is 14.4. The van der Waals surface area contributed by atoms with Crippen molar-refractivity contribution in [1.82, 2.24) is 5.32 Å². The lowest BCUT2D eigenvalue weighted by molar-refractivity contribution is -0.137. The summed E-state index contributed by atoms with van der Waals surface area (Å²) >= 11 is 0. The maximum absolute atomic E-state index is 12.6. The Bertz CT molecular complexity index is 976. The van der Waals surface area contributed by atoms with Crippen LogP contribution in [-0.4, -0.2) is 36.1 Å². The van der Waals surface area contributed by atoms with Crippen LogP contribution in [0, 0.1) is 12.3 Å². The number of rotatable bonds is 6. The van der Waals surface area contributed by atoms with Crippen molar-refractivity contribution in [3.05, 3.63) is 52.5 Å². The molecule has 1 atom stereocenters. The van der Waals surface area contributed by atoms with E-state index in [4.69, 9.17) is 9.15 Å². The first kappa shape index (κ1) is 22.9. The highest BCUT2D eigenvalue weighted by molar-refractivity contribution is 6.03. The van der Waals surface area contributed by atoms with Crippen LogP contribution in [0.25, 0.3) is 0 Å². The van der Waals surface area contributed by atoms with Gasteiger partial charge in [-0.05, 0) is 36.6 Å². The summed E-state index contributed by atoms with van der Waals surface area (Å²) in [6.07, 6.45) is -4.62. The fraction of sp³-hybridized carbons (Fsp3) is 0.455. The van der Waals surface area contributed by atoms with Crippen LogP contribution in [0.15, 0.2) is 28.7 Å². The second kappa shape index (κ2) is 8.37. The van der Waals surface area contributed by atoms with Gasteiger partial charge in [0.1, 0.15) is 24.2 Å². The van der Waals surface area contributed by atoms with Gasteiger partial charge in [-0.3, -0.25) is 9.59 Å². The third-order valence-corrected chi connectivity index (χ3v) is 5.11. The number of fused-ring (bicyclic) bond motifs is 1. The summed E-state index contributed by atoms with van der Waals surface area (Å²) in [5, 5.41) is 12.6. The normalized spacial score (nSPS) is 16.5. The second-order valence-electron chi connectivity index (χ2n) is 8.49. The quantitative estimate of drug-likeness (QED) is 0.712. The van der Waals surface area contributed by atoms with Crippen molar-refractivity contribution in [3.63, 3.8) is 0 Å². The molecule has 0 aliphatic heterocycles. The zero-order valence-corrected chi connectivity index (χ0v) is 17.4. The van der Waals surface area contributed by atoms with Crippen molar-refractivity contribution in [3.8, 4) is 5.75 Å². The van der Waals surface area contributed by atoms with Crippen LogP contribution in [0.5, 0.6) is 5.75 Å². The molecule has 9 heteroatoms. The van der Waals surface area contributed by atoms with Crippen molar-refractivity contribution < 1.29 is 37.0 Å². The predicted octanol–water partition coefficient (Wildman–Crippen LogP) is 3.93. The second-order valence-corrected chi connectivity index (χ2v) is 8.49. The molecule has 168 valence electrons. The molecule has 0 radical (unpaired) electrons. The lowest BCUT2D eigenvalue weighted by atomic mass is 9.76. The number of furan rings is 1. The Morgan fingerprint density at radius 2 is 1.90 bits per heavy atom. The van der Waals surface area contributed by atoms with Crippen molar-refractivity contribution in [2.24, 2.45) is 5.41 Å². The number of ether oxygens (including phenoxy) is 1. The van der Waals surface area contributed by atoms with E-state index in [0.717, 1.165) is 24.3 Å². The molecular weight excluding hydrogens is 415 g/mol. The number of carbonyl (C=O) groups excluding carboxylic acids is 2. The van der Waals surface area contributed by atoms with Gasteiger partial charge in [-0.15, -0.1) is 0 Å². The largest absolute Gasteiger partial charge is 0.491 e. The minimum Gasteiger partial charge on any atom is -0.491 e. The number of ketones is 1. The number of alkyl halides is 3. The fourth-order valence-electron chi connectivity index (χ4n) is 3.58. The van der Waals surface area contributed by atoms with Crippen molar-refractivity contribution in [1.29, 1.82) is 0 Å². The summed E-state index contributed by atoms with van der Waals surface area (Å²) < 4.78 is 48.6. The molecule has 1 aliphatic rings. The molecule has 31 heavy (non-hydrogen) atoms. The van der Waals surface area contributed by atoms with Gasteiger partial charge in [-0.25, -0.2) is 0 Å². The molecule has 6 nitrogen and oxygen atoms in total. The van der Waals surface area contributed by atoms with Crippen molar-refractivity contribution in [2.75, 3.05) is 13.2 Å². The van der Waals surface area contributed by atoms with E-state index in [9.17, 15) is 27.9 Å². The highest BCUT2D eigenvalue weighted by Crippen LogP contribution is 2.38. The standard InChI is InChI=1S/C22H24F3NO5/c1-12-18-16(28)8-21(2,3)9-17(18)31-19(12)20(29)26-10-14(27)11-30-15-6-4-13(5-7-15)22(23,24)25/h4-7,14,27H,8-11H2,1-3H3,(H,26,29). The van der Waals surface area contributed by atoms with E-state index >= 15 is 0 Å². The van der Waals surface area contributed by atoms with Gasteiger partial charge in [-0.1, -0.05) is 13.8 Å². The highest BCUT2D eigenvalue weighted by atomic mass is 19.4. The maximum Gasteiger partial charge on any atom is 0.416 e. The van der Waals surface area contributed by atoms with E-state index in [2.05, 4.69) is 5.32 Å². The molecule has 3 rings (SSSR count). The van der Waals surface area contributed by atoms with Gasteiger partial charge in [-0.2, -0.15) is 13.2 Å². The average molecular weight is 439 g/mol. The lowest BCUT2D eigenvalue weighted by Gasteiger charge is -2.27. The molecule has 0 fully saturated rings. The monoisotopic (exact) mass is 439 g/mol. The van der Waals surface area contributed by atoms with Gasteiger partial charge in [0, 0.05) is 24.9 Å². The average Bonchev–Trinajstić information content (AvgIpc) is 2.99. The van der Waals surface area contributed by atoms with Crippen molar-refractivity contribution in [2.45, 2.75) is 45.9 Å². The van der Waals surface area contributed by atoms with Crippen LogP contribution in [0.3, 0.4) is 0 Å². The number of carbonyl (C=O) groups is 2. The summed E-state index contributed by atoms with van der Waals surface area (Å²) in [5.74, 6) is 0.0682. The van der Waals surface area contributed by atoms with E-state index in [0.29, 0.717) is 29.7 Å². The van der Waals surface area contributed by atoms with E-state index in [-0.39, 0.29) is 35.9 Å². The number of benzene rings is 1. The first-order valence-corrected chi connectivity index (χ1v) is 9.79. The minimum absolute atomic E-state index is 0.0342.